The number of nitrogens with zero attached hydrogens (tertiary/aromatic N) is 1. The van der Waals surface area contributed by atoms with Crippen molar-refractivity contribution in [3.05, 3.63) is 22.4 Å². The maximum absolute atomic E-state index is 11.8. The summed E-state index contributed by atoms with van der Waals surface area (Å²) in [4.78, 5) is 25.1. The van der Waals surface area contributed by atoms with Crippen LogP contribution >= 0.6 is 11.3 Å². The van der Waals surface area contributed by atoms with Crippen LogP contribution in [0.15, 0.2) is 17.5 Å². The van der Waals surface area contributed by atoms with Crippen molar-refractivity contribution < 1.29 is 14.7 Å². The second kappa shape index (κ2) is 7.78. The van der Waals surface area contributed by atoms with Crippen molar-refractivity contribution in [2.45, 2.75) is 32.2 Å². The third kappa shape index (κ3) is 6.24. The number of amides is 2. The molecule has 1 unspecified atom stereocenters. The van der Waals surface area contributed by atoms with Gasteiger partial charge in [-0.2, -0.15) is 0 Å². The van der Waals surface area contributed by atoms with E-state index < -0.39 is 5.97 Å². The van der Waals surface area contributed by atoms with Crippen LogP contribution in [-0.4, -0.2) is 41.6 Å². The summed E-state index contributed by atoms with van der Waals surface area (Å²) in [6.07, 6.45) is 1.35. The Labute approximate surface area is 117 Å². The lowest BCUT2D eigenvalue weighted by atomic mass is 10.2. The van der Waals surface area contributed by atoms with Crippen molar-refractivity contribution in [3.8, 4) is 0 Å². The summed E-state index contributed by atoms with van der Waals surface area (Å²) in [7, 11) is 1.74. The van der Waals surface area contributed by atoms with Crippen LogP contribution in [0.4, 0.5) is 4.79 Å². The Kier molecular flexibility index (Phi) is 6.35. The molecule has 0 saturated heterocycles. The van der Waals surface area contributed by atoms with Gasteiger partial charge in [-0.25, -0.2) is 4.79 Å². The van der Waals surface area contributed by atoms with E-state index in [0.29, 0.717) is 13.0 Å². The predicted octanol–water partition coefficient (Wildman–Crippen LogP) is 2.19. The first-order valence-corrected chi connectivity index (χ1v) is 7.13. The molecular weight excluding hydrogens is 264 g/mol. The second-order valence-corrected chi connectivity index (χ2v) is 5.57. The van der Waals surface area contributed by atoms with Crippen molar-refractivity contribution in [2.75, 3.05) is 13.6 Å². The summed E-state index contributed by atoms with van der Waals surface area (Å²) in [5.41, 5.74) is 0. The van der Waals surface area contributed by atoms with Gasteiger partial charge in [0, 0.05) is 30.9 Å². The van der Waals surface area contributed by atoms with E-state index in [1.807, 2.05) is 24.4 Å². The molecule has 1 atom stereocenters. The van der Waals surface area contributed by atoms with Crippen molar-refractivity contribution in [2.24, 2.45) is 0 Å². The summed E-state index contributed by atoms with van der Waals surface area (Å²) in [6, 6.07) is 3.75. The first-order chi connectivity index (χ1) is 8.99. The zero-order valence-electron chi connectivity index (χ0n) is 11.3. The number of hydrogen-bond acceptors (Lipinski definition) is 3. The van der Waals surface area contributed by atoms with E-state index in [0.717, 1.165) is 6.42 Å². The van der Waals surface area contributed by atoms with Gasteiger partial charge in [-0.3, -0.25) is 4.79 Å². The Morgan fingerprint density at radius 2 is 2.26 bits per heavy atom. The van der Waals surface area contributed by atoms with Gasteiger partial charge in [0.2, 0.25) is 0 Å². The number of carboxylic acid groups (broad SMARTS) is 1. The number of urea groups is 1. The van der Waals surface area contributed by atoms with Crippen LogP contribution in [-0.2, 0) is 11.2 Å². The molecule has 0 spiro atoms. The van der Waals surface area contributed by atoms with E-state index in [4.69, 9.17) is 5.11 Å². The zero-order valence-corrected chi connectivity index (χ0v) is 12.1. The number of carboxylic acids is 1. The van der Waals surface area contributed by atoms with Gasteiger partial charge >= 0.3 is 12.0 Å². The molecule has 6 heteroatoms. The van der Waals surface area contributed by atoms with E-state index in [9.17, 15) is 9.59 Å². The molecule has 2 amide bonds. The lowest BCUT2D eigenvalue weighted by molar-refractivity contribution is -0.137. The molecule has 1 aromatic rings. The Balaban J connectivity index is 2.25. The highest BCUT2D eigenvalue weighted by Crippen LogP contribution is 2.09. The monoisotopic (exact) mass is 284 g/mol. The fourth-order valence-corrected chi connectivity index (χ4v) is 2.27. The SMILES string of the molecule is CC(CCC(=O)O)NC(=O)N(C)CCc1cccs1. The van der Waals surface area contributed by atoms with Crippen molar-refractivity contribution in [1.82, 2.24) is 10.2 Å². The highest BCUT2D eigenvalue weighted by atomic mass is 32.1. The lowest BCUT2D eigenvalue weighted by Gasteiger charge is -2.20. The molecule has 0 aliphatic carbocycles. The second-order valence-electron chi connectivity index (χ2n) is 4.53. The predicted molar refractivity (Wildman–Crippen MR) is 75.5 cm³/mol. The van der Waals surface area contributed by atoms with Crippen LogP contribution in [0, 0.1) is 0 Å². The van der Waals surface area contributed by atoms with Crippen LogP contribution in [0.25, 0.3) is 0 Å². The molecule has 2 N–H and O–H groups in total. The van der Waals surface area contributed by atoms with E-state index >= 15 is 0 Å². The van der Waals surface area contributed by atoms with Crippen molar-refractivity contribution in [1.29, 1.82) is 0 Å². The Morgan fingerprint density at radius 1 is 1.53 bits per heavy atom. The highest BCUT2D eigenvalue weighted by molar-refractivity contribution is 7.09. The standard InChI is InChI=1S/C13H20N2O3S/c1-10(5-6-12(16)17)14-13(18)15(2)8-7-11-4-3-9-19-11/h3-4,9-10H,5-8H2,1-2H3,(H,14,18)(H,16,17). The van der Waals surface area contributed by atoms with Crippen molar-refractivity contribution in [3.63, 3.8) is 0 Å². The van der Waals surface area contributed by atoms with Crippen LogP contribution in [0.3, 0.4) is 0 Å². The Morgan fingerprint density at radius 3 is 2.84 bits per heavy atom. The quantitative estimate of drug-likeness (QED) is 0.806. The molecule has 1 rings (SSSR count). The zero-order chi connectivity index (χ0) is 14.3. The number of hydrogen-bond donors (Lipinski definition) is 2. The van der Waals surface area contributed by atoms with Gasteiger partial charge in [-0.15, -0.1) is 11.3 Å². The van der Waals surface area contributed by atoms with Gasteiger partial charge in [0.05, 0.1) is 0 Å². The number of carbonyl (C=O) groups excluding carboxylic acids is 1. The molecule has 0 aromatic carbocycles. The van der Waals surface area contributed by atoms with Gasteiger partial charge in [-0.1, -0.05) is 6.07 Å². The molecule has 106 valence electrons. The number of aliphatic carboxylic acids is 1. The van der Waals surface area contributed by atoms with Gasteiger partial charge in [0.25, 0.3) is 0 Å². The average Bonchev–Trinajstić information content (AvgIpc) is 2.86. The minimum absolute atomic E-state index is 0.0698. The fourth-order valence-electron chi connectivity index (χ4n) is 1.57. The number of thiophene rings is 1. The van der Waals surface area contributed by atoms with E-state index in [1.54, 1.807) is 23.3 Å². The minimum atomic E-state index is -0.841. The number of carbonyl (C=O) groups is 2. The maximum Gasteiger partial charge on any atom is 0.317 e. The number of likely N-dealkylation sites (N-methyl/N-ethyl adjacent to an activating group) is 1. The molecule has 5 nitrogen and oxygen atoms in total. The molecule has 0 saturated carbocycles. The minimum Gasteiger partial charge on any atom is -0.481 e. The smallest absolute Gasteiger partial charge is 0.317 e. The molecule has 1 heterocycles. The number of rotatable bonds is 7. The van der Waals surface area contributed by atoms with Crippen LogP contribution in [0.5, 0.6) is 0 Å². The van der Waals surface area contributed by atoms with Gasteiger partial charge in [0.15, 0.2) is 0 Å². The van der Waals surface area contributed by atoms with Gasteiger partial charge in [-0.05, 0) is 31.2 Å². The maximum atomic E-state index is 11.8. The molecule has 0 aliphatic heterocycles. The van der Waals surface area contributed by atoms with Gasteiger partial charge < -0.3 is 15.3 Å². The molecule has 0 radical (unpaired) electrons. The summed E-state index contributed by atoms with van der Waals surface area (Å²) >= 11 is 1.68. The molecule has 0 aliphatic rings. The third-order valence-electron chi connectivity index (χ3n) is 2.78. The first kappa shape index (κ1) is 15.5. The summed E-state index contributed by atoms with van der Waals surface area (Å²) in [6.45, 7) is 2.46. The lowest BCUT2D eigenvalue weighted by Crippen LogP contribution is -2.42. The van der Waals surface area contributed by atoms with Gasteiger partial charge in [0.1, 0.15) is 0 Å². The summed E-state index contributed by atoms with van der Waals surface area (Å²) < 4.78 is 0. The molecular formula is C13H20N2O3S. The first-order valence-electron chi connectivity index (χ1n) is 6.25. The molecule has 0 bridgehead atoms. The van der Waals surface area contributed by atoms with E-state index in [1.165, 1.54) is 4.88 Å². The van der Waals surface area contributed by atoms with Crippen LogP contribution < -0.4 is 5.32 Å². The molecule has 19 heavy (non-hydrogen) atoms. The Hall–Kier alpha value is -1.56. The average molecular weight is 284 g/mol. The normalized spacial score (nSPS) is 11.9. The summed E-state index contributed by atoms with van der Waals surface area (Å²) in [5.74, 6) is -0.841. The number of nitrogens with one attached hydrogen (secondary N) is 1. The van der Waals surface area contributed by atoms with Crippen molar-refractivity contribution >= 4 is 23.3 Å². The summed E-state index contributed by atoms with van der Waals surface area (Å²) in [5, 5.41) is 13.4. The third-order valence-corrected chi connectivity index (χ3v) is 3.72. The topological polar surface area (TPSA) is 69.6 Å². The van der Waals surface area contributed by atoms with Crippen LogP contribution in [0.2, 0.25) is 0 Å². The van der Waals surface area contributed by atoms with Crippen LogP contribution in [0.1, 0.15) is 24.6 Å². The van der Waals surface area contributed by atoms with E-state index in [2.05, 4.69) is 5.32 Å². The van der Waals surface area contributed by atoms with E-state index in [-0.39, 0.29) is 18.5 Å². The Bertz CT molecular complexity index is 406. The molecule has 0 fully saturated rings. The highest BCUT2D eigenvalue weighted by Gasteiger charge is 2.12. The largest absolute Gasteiger partial charge is 0.481 e. The fraction of sp³-hybridized carbons (Fsp3) is 0.538. The molecule has 1 aromatic heterocycles.